The summed E-state index contributed by atoms with van der Waals surface area (Å²) in [5.74, 6) is 0. The average Bonchev–Trinajstić information content (AvgIpc) is 2.95. The second kappa shape index (κ2) is 7.17. The molecule has 2 rings (SSSR count). The molecule has 2 atom stereocenters. The summed E-state index contributed by atoms with van der Waals surface area (Å²) in [6, 6.07) is 9.28. The number of hydrogen-bond acceptors (Lipinski definition) is 3. The third kappa shape index (κ3) is 3.88. The van der Waals surface area contributed by atoms with Gasteiger partial charge in [0, 0.05) is 22.1 Å². The van der Waals surface area contributed by atoms with Crippen molar-refractivity contribution in [3.05, 3.63) is 50.9 Å². The van der Waals surface area contributed by atoms with E-state index in [0.717, 1.165) is 17.3 Å². The molecule has 0 fully saturated rings. The monoisotopic (exact) mass is 338 g/mol. The zero-order valence-electron chi connectivity index (χ0n) is 11.3. The molecule has 4 heteroatoms. The molecule has 0 aliphatic heterocycles. The molecule has 0 aliphatic carbocycles. The lowest BCUT2D eigenvalue weighted by atomic mass is 10.0. The summed E-state index contributed by atoms with van der Waals surface area (Å²) < 4.78 is 1.12. The Kier molecular flexibility index (Phi) is 5.55. The molecule has 1 heterocycles. The van der Waals surface area contributed by atoms with E-state index in [-0.39, 0.29) is 0 Å². The molecule has 2 aromatic rings. The summed E-state index contributed by atoms with van der Waals surface area (Å²) in [5.41, 5.74) is 1.33. The van der Waals surface area contributed by atoms with E-state index in [1.165, 1.54) is 10.6 Å². The fraction of sp³-hybridized carbons (Fsp3) is 0.400. The van der Waals surface area contributed by atoms with Crippen LogP contribution in [-0.4, -0.2) is 4.98 Å². The van der Waals surface area contributed by atoms with Gasteiger partial charge in [-0.15, -0.1) is 11.3 Å². The van der Waals surface area contributed by atoms with Gasteiger partial charge in [0.15, 0.2) is 0 Å². The predicted molar refractivity (Wildman–Crippen MR) is 85.5 cm³/mol. The quantitative estimate of drug-likeness (QED) is 0.792. The van der Waals surface area contributed by atoms with E-state index in [2.05, 4.69) is 64.3 Å². The molecular formula is C15H19BrN2S. The van der Waals surface area contributed by atoms with Gasteiger partial charge in [0.25, 0.3) is 0 Å². The summed E-state index contributed by atoms with van der Waals surface area (Å²) in [5, 5.41) is 6.94. The first kappa shape index (κ1) is 14.7. The molecule has 0 saturated heterocycles. The SMILES string of the molecule is CCC(NC(CC)c1nccs1)c1ccc(Br)cc1. The first-order chi connectivity index (χ1) is 9.24. The van der Waals surface area contributed by atoms with Crippen molar-refractivity contribution in [3.63, 3.8) is 0 Å². The zero-order valence-corrected chi connectivity index (χ0v) is 13.7. The largest absolute Gasteiger partial charge is 0.301 e. The highest BCUT2D eigenvalue weighted by molar-refractivity contribution is 9.10. The Bertz CT molecular complexity index is 481. The van der Waals surface area contributed by atoms with Crippen molar-refractivity contribution in [2.75, 3.05) is 0 Å². The third-order valence-corrected chi connectivity index (χ3v) is 4.66. The molecule has 0 saturated carbocycles. The smallest absolute Gasteiger partial charge is 0.109 e. The molecule has 0 amide bonds. The van der Waals surface area contributed by atoms with Crippen LogP contribution < -0.4 is 5.32 Å². The third-order valence-electron chi connectivity index (χ3n) is 3.24. The van der Waals surface area contributed by atoms with Gasteiger partial charge < -0.3 is 5.32 Å². The minimum absolute atomic E-state index is 0.341. The van der Waals surface area contributed by atoms with Gasteiger partial charge >= 0.3 is 0 Å². The van der Waals surface area contributed by atoms with E-state index in [9.17, 15) is 0 Å². The summed E-state index contributed by atoms with van der Waals surface area (Å²) in [7, 11) is 0. The van der Waals surface area contributed by atoms with E-state index in [1.807, 2.05) is 11.6 Å². The number of halogens is 1. The number of nitrogens with one attached hydrogen (secondary N) is 1. The van der Waals surface area contributed by atoms with Crippen molar-refractivity contribution >= 4 is 27.3 Å². The van der Waals surface area contributed by atoms with E-state index in [4.69, 9.17) is 0 Å². The highest BCUT2D eigenvalue weighted by Gasteiger charge is 2.17. The molecule has 1 N–H and O–H groups in total. The molecular weight excluding hydrogens is 320 g/mol. The van der Waals surface area contributed by atoms with Crippen LogP contribution in [0.1, 0.15) is 49.3 Å². The average molecular weight is 339 g/mol. The first-order valence-corrected chi connectivity index (χ1v) is 8.32. The van der Waals surface area contributed by atoms with Crippen molar-refractivity contribution in [2.45, 2.75) is 38.8 Å². The van der Waals surface area contributed by atoms with E-state index in [0.29, 0.717) is 12.1 Å². The molecule has 19 heavy (non-hydrogen) atoms. The summed E-state index contributed by atoms with van der Waals surface area (Å²) >= 11 is 5.21. The van der Waals surface area contributed by atoms with Gasteiger partial charge in [0.05, 0.1) is 6.04 Å². The Balaban J connectivity index is 2.11. The van der Waals surface area contributed by atoms with Gasteiger partial charge in [-0.3, -0.25) is 0 Å². The fourth-order valence-corrected chi connectivity index (χ4v) is 3.20. The number of thiazole rings is 1. The second-order valence-corrected chi connectivity index (χ2v) is 6.35. The molecule has 2 nitrogen and oxygen atoms in total. The lowest BCUT2D eigenvalue weighted by molar-refractivity contribution is 0.425. The number of nitrogens with zero attached hydrogens (tertiary/aromatic N) is 1. The van der Waals surface area contributed by atoms with Crippen LogP contribution in [0.4, 0.5) is 0 Å². The van der Waals surface area contributed by atoms with Gasteiger partial charge in [-0.05, 0) is 30.5 Å². The van der Waals surface area contributed by atoms with Crippen LogP contribution in [0.15, 0.2) is 40.3 Å². The summed E-state index contributed by atoms with van der Waals surface area (Å²) in [6.07, 6.45) is 4.01. The molecule has 0 radical (unpaired) electrons. The molecule has 1 aromatic heterocycles. The highest BCUT2D eigenvalue weighted by atomic mass is 79.9. The molecule has 0 bridgehead atoms. The molecule has 2 unspecified atom stereocenters. The molecule has 102 valence electrons. The van der Waals surface area contributed by atoms with Crippen LogP contribution in [0.5, 0.6) is 0 Å². The Morgan fingerprint density at radius 3 is 2.37 bits per heavy atom. The first-order valence-electron chi connectivity index (χ1n) is 6.65. The van der Waals surface area contributed by atoms with Crippen molar-refractivity contribution in [3.8, 4) is 0 Å². The van der Waals surface area contributed by atoms with Crippen molar-refractivity contribution in [1.82, 2.24) is 10.3 Å². The van der Waals surface area contributed by atoms with Gasteiger partial charge in [-0.2, -0.15) is 0 Å². The lowest BCUT2D eigenvalue weighted by Gasteiger charge is -2.23. The van der Waals surface area contributed by atoms with Crippen molar-refractivity contribution in [1.29, 1.82) is 0 Å². The maximum absolute atomic E-state index is 4.43. The van der Waals surface area contributed by atoms with E-state index in [1.54, 1.807) is 11.3 Å². The van der Waals surface area contributed by atoms with Crippen LogP contribution in [-0.2, 0) is 0 Å². The maximum atomic E-state index is 4.43. The normalized spacial score (nSPS) is 14.3. The minimum atomic E-state index is 0.341. The topological polar surface area (TPSA) is 24.9 Å². The van der Waals surface area contributed by atoms with Crippen LogP contribution >= 0.6 is 27.3 Å². The standard InChI is InChI=1S/C15H19BrN2S/c1-3-13(11-5-7-12(16)8-6-11)18-14(4-2)15-17-9-10-19-15/h5-10,13-14,18H,3-4H2,1-2H3. The van der Waals surface area contributed by atoms with Crippen LogP contribution in [0, 0.1) is 0 Å². The number of hydrogen-bond donors (Lipinski definition) is 1. The van der Waals surface area contributed by atoms with E-state index >= 15 is 0 Å². The van der Waals surface area contributed by atoms with Crippen molar-refractivity contribution < 1.29 is 0 Å². The molecule has 0 spiro atoms. The van der Waals surface area contributed by atoms with Gasteiger partial charge in [0.2, 0.25) is 0 Å². The van der Waals surface area contributed by atoms with Gasteiger partial charge in [0.1, 0.15) is 5.01 Å². The highest BCUT2D eigenvalue weighted by Crippen LogP contribution is 2.26. The minimum Gasteiger partial charge on any atom is -0.301 e. The van der Waals surface area contributed by atoms with Crippen LogP contribution in [0.25, 0.3) is 0 Å². The predicted octanol–water partition coefficient (Wildman–Crippen LogP) is 5.10. The maximum Gasteiger partial charge on any atom is 0.109 e. The zero-order chi connectivity index (χ0) is 13.7. The molecule has 1 aromatic carbocycles. The lowest BCUT2D eigenvalue weighted by Crippen LogP contribution is -2.25. The van der Waals surface area contributed by atoms with Crippen LogP contribution in [0.2, 0.25) is 0 Å². The molecule has 0 aliphatic rings. The summed E-state index contributed by atoms with van der Waals surface area (Å²) in [4.78, 5) is 4.43. The number of benzene rings is 1. The number of rotatable bonds is 6. The van der Waals surface area contributed by atoms with E-state index < -0.39 is 0 Å². The van der Waals surface area contributed by atoms with Gasteiger partial charge in [-0.1, -0.05) is 41.9 Å². The Labute approximate surface area is 127 Å². The fourth-order valence-electron chi connectivity index (χ4n) is 2.16. The van der Waals surface area contributed by atoms with Gasteiger partial charge in [-0.25, -0.2) is 4.98 Å². The van der Waals surface area contributed by atoms with Crippen LogP contribution in [0.3, 0.4) is 0 Å². The Morgan fingerprint density at radius 2 is 1.84 bits per heavy atom. The summed E-state index contributed by atoms with van der Waals surface area (Å²) in [6.45, 7) is 4.42. The Morgan fingerprint density at radius 1 is 1.16 bits per heavy atom. The Hall–Kier alpha value is -0.710. The van der Waals surface area contributed by atoms with Crippen molar-refractivity contribution in [2.24, 2.45) is 0 Å². The second-order valence-electron chi connectivity index (χ2n) is 4.51. The number of aromatic nitrogens is 1.